The third-order valence-electron chi connectivity index (χ3n) is 3.45. The summed E-state index contributed by atoms with van der Waals surface area (Å²) in [6.07, 6.45) is -0.429. The Hall–Kier alpha value is -1.30. The van der Waals surface area contributed by atoms with E-state index in [0.717, 1.165) is 17.9 Å². The lowest BCUT2D eigenvalue weighted by molar-refractivity contribution is -0.138. The molecule has 1 aromatic carbocycles. The van der Waals surface area contributed by atoms with E-state index in [4.69, 9.17) is 21.1 Å². The summed E-state index contributed by atoms with van der Waals surface area (Å²) in [5.41, 5.74) is 0.957. The average Bonchev–Trinajstić information content (AvgIpc) is 2.50. The Kier molecular flexibility index (Phi) is 5.85. The highest BCUT2D eigenvalue weighted by atomic mass is 35.5. The Bertz CT molecular complexity index is 496. The van der Waals surface area contributed by atoms with Crippen LogP contribution in [0.25, 0.3) is 0 Å². The number of likely N-dealkylation sites (N-methyl/N-ethyl adjacent to an activating group) is 1. The van der Waals surface area contributed by atoms with Crippen LogP contribution in [-0.4, -0.2) is 50.3 Å². The van der Waals surface area contributed by atoms with Gasteiger partial charge in [-0.3, -0.25) is 9.69 Å². The van der Waals surface area contributed by atoms with Gasteiger partial charge in [-0.15, -0.1) is 0 Å². The van der Waals surface area contributed by atoms with Crippen molar-refractivity contribution in [3.63, 3.8) is 0 Å². The van der Waals surface area contributed by atoms with E-state index in [0.29, 0.717) is 31.3 Å². The van der Waals surface area contributed by atoms with Crippen molar-refractivity contribution in [2.24, 2.45) is 0 Å². The SMILES string of the molecule is CCOc1cccc(Cl)c1CN1CCO[C@H](C(=O)NC)C1. The summed E-state index contributed by atoms with van der Waals surface area (Å²) in [4.78, 5) is 13.8. The Balaban J connectivity index is 2.09. The first-order valence-electron chi connectivity index (χ1n) is 7.11. The van der Waals surface area contributed by atoms with Crippen molar-refractivity contribution in [2.75, 3.05) is 33.4 Å². The van der Waals surface area contributed by atoms with Crippen LogP contribution in [0.3, 0.4) is 0 Å². The second kappa shape index (κ2) is 7.64. The largest absolute Gasteiger partial charge is 0.493 e. The fourth-order valence-electron chi connectivity index (χ4n) is 2.37. The van der Waals surface area contributed by atoms with Gasteiger partial charge in [0.2, 0.25) is 5.91 Å². The molecule has 1 aromatic rings. The Morgan fingerprint density at radius 1 is 1.57 bits per heavy atom. The van der Waals surface area contributed by atoms with Crippen LogP contribution in [-0.2, 0) is 16.1 Å². The molecule has 2 rings (SSSR count). The topological polar surface area (TPSA) is 50.8 Å². The zero-order valence-corrected chi connectivity index (χ0v) is 13.2. The quantitative estimate of drug-likeness (QED) is 0.899. The molecule has 0 bridgehead atoms. The maximum atomic E-state index is 11.7. The number of amides is 1. The summed E-state index contributed by atoms with van der Waals surface area (Å²) in [7, 11) is 1.62. The van der Waals surface area contributed by atoms with Gasteiger partial charge in [-0.25, -0.2) is 0 Å². The molecule has 21 heavy (non-hydrogen) atoms. The summed E-state index contributed by atoms with van der Waals surface area (Å²) >= 11 is 6.29. The van der Waals surface area contributed by atoms with E-state index in [-0.39, 0.29) is 5.91 Å². The van der Waals surface area contributed by atoms with Gasteiger partial charge in [0, 0.05) is 37.3 Å². The molecule has 1 heterocycles. The zero-order valence-electron chi connectivity index (χ0n) is 12.4. The maximum absolute atomic E-state index is 11.7. The number of nitrogens with one attached hydrogen (secondary N) is 1. The molecule has 1 atom stereocenters. The molecule has 0 unspecified atom stereocenters. The number of ether oxygens (including phenoxy) is 2. The van der Waals surface area contributed by atoms with E-state index in [2.05, 4.69) is 10.2 Å². The van der Waals surface area contributed by atoms with Crippen LogP contribution >= 0.6 is 11.6 Å². The van der Waals surface area contributed by atoms with Crippen LogP contribution in [0, 0.1) is 0 Å². The van der Waals surface area contributed by atoms with Crippen molar-refractivity contribution in [3.05, 3.63) is 28.8 Å². The highest BCUT2D eigenvalue weighted by molar-refractivity contribution is 6.31. The van der Waals surface area contributed by atoms with Crippen molar-refractivity contribution >= 4 is 17.5 Å². The van der Waals surface area contributed by atoms with Crippen LogP contribution in [0.5, 0.6) is 5.75 Å². The minimum atomic E-state index is -0.429. The highest BCUT2D eigenvalue weighted by Gasteiger charge is 2.26. The van der Waals surface area contributed by atoms with Gasteiger partial charge >= 0.3 is 0 Å². The molecule has 1 N–H and O–H groups in total. The zero-order chi connectivity index (χ0) is 15.2. The first-order valence-corrected chi connectivity index (χ1v) is 7.49. The van der Waals surface area contributed by atoms with Crippen molar-refractivity contribution in [3.8, 4) is 5.75 Å². The molecule has 6 heteroatoms. The standard InChI is InChI=1S/C15H21ClN2O3/c1-3-20-13-6-4-5-12(16)11(13)9-18-7-8-21-14(10-18)15(19)17-2/h4-6,14H,3,7-10H2,1-2H3,(H,17,19)/t14-/m0/s1. The van der Waals surface area contributed by atoms with E-state index in [9.17, 15) is 4.79 Å². The Labute approximate surface area is 130 Å². The molecule has 0 saturated carbocycles. The lowest BCUT2D eigenvalue weighted by atomic mass is 10.1. The van der Waals surface area contributed by atoms with Gasteiger partial charge in [-0.2, -0.15) is 0 Å². The number of carbonyl (C=O) groups excluding carboxylic acids is 1. The fraction of sp³-hybridized carbons (Fsp3) is 0.533. The normalized spacial score (nSPS) is 19.3. The number of halogens is 1. The van der Waals surface area contributed by atoms with Gasteiger partial charge < -0.3 is 14.8 Å². The second-order valence-corrected chi connectivity index (χ2v) is 5.27. The van der Waals surface area contributed by atoms with Crippen LogP contribution in [0.1, 0.15) is 12.5 Å². The molecular formula is C15H21ClN2O3. The molecule has 0 radical (unpaired) electrons. The minimum absolute atomic E-state index is 0.0936. The fourth-order valence-corrected chi connectivity index (χ4v) is 2.60. The number of morpholine rings is 1. The minimum Gasteiger partial charge on any atom is -0.493 e. The van der Waals surface area contributed by atoms with Crippen molar-refractivity contribution in [2.45, 2.75) is 19.6 Å². The molecule has 0 aliphatic carbocycles. The second-order valence-electron chi connectivity index (χ2n) is 4.86. The van der Waals surface area contributed by atoms with E-state index >= 15 is 0 Å². The number of hydrogen-bond donors (Lipinski definition) is 1. The summed E-state index contributed by atoms with van der Waals surface area (Å²) in [5, 5.41) is 3.31. The maximum Gasteiger partial charge on any atom is 0.250 e. The lowest BCUT2D eigenvalue weighted by Crippen LogP contribution is -2.48. The van der Waals surface area contributed by atoms with Gasteiger partial charge in [0.1, 0.15) is 11.9 Å². The molecule has 1 aliphatic heterocycles. The van der Waals surface area contributed by atoms with Gasteiger partial charge in [-0.1, -0.05) is 17.7 Å². The predicted octanol–water partition coefficient (Wildman–Crippen LogP) is 1.69. The van der Waals surface area contributed by atoms with Crippen molar-refractivity contribution in [1.29, 1.82) is 0 Å². The van der Waals surface area contributed by atoms with Crippen molar-refractivity contribution < 1.29 is 14.3 Å². The first kappa shape index (κ1) is 16.1. The number of hydrogen-bond acceptors (Lipinski definition) is 4. The first-order chi connectivity index (χ1) is 10.2. The van der Waals surface area contributed by atoms with Crippen LogP contribution in [0.2, 0.25) is 5.02 Å². The van der Waals surface area contributed by atoms with Gasteiger partial charge in [0.15, 0.2) is 0 Å². The molecule has 0 spiro atoms. The van der Waals surface area contributed by atoms with Gasteiger partial charge in [0.05, 0.1) is 13.2 Å². The van der Waals surface area contributed by atoms with Gasteiger partial charge in [0.25, 0.3) is 0 Å². The third-order valence-corrected chi connectivity index (χ3v) is 3.80. The molecule has 1 amide bonds. The van der Waals surface area contributed by atoms with Crippen molar-refractivity contribution in [1.82, 2.24) is 10.2 Å². The summed E-state index contributed by atoms with van der Waals surface area (Å²) in [5.74, 6) is 0.705. The van der Waals surface area contributed by atoms with Gasteiger partial charge in [-0.05, 0) is 19.1 Å². The third kappa shape index (κ3) is 4.09. The highest BCUT2D eigenvalue weighted by Crippen LogP contribution is 2.28. The number of rotatable bonds is 5. The average molecular weight is 313 g/mol. The number of benzene rings is 1. The predicted molar refractivity (Wildman–Crippen MR) is 81.7 cm³/mol. The molecule has 5 nitrogen and oxygen atoms in total. The number of nitrogens with zero attached hydrogens (tertiary/aromatic N) is 1. The summed E-state index contributed by atoms with van der Waals surface area (Å²) < 4.78 is 11.1. The van der Waals surface area contributed by atoms with Crippen LogP contribution in [0.15, 0.2) is 18.2 Å². The Morgan fingerprint density at radius 2 is 2.38 bits per heavy atom. The molecule has 0 aromatic heterocycles. The number of carbonyl (C=O) groups is 1. The lowest BCUT2D eigenvalue weighted by Gasteiger charge is -2.32. The molecule has 1 saturated heterocycles. The van der Waals surface area contributed by atoms with Crippen LogP contribution < -0.4 is 10.1 Å². The smallest absolute Gasteiger partial charge is 0.250 e. The monoisotopic (exact) mass is 312 g/mol. The summed E-state index contributed by atoms with van der Waals surface area (Å²) in [6.45, 7) is 5.04. The molecule has 1 aliphatic rings. The van der Waals surface area contributed by atoms with E-state index < -0.39 is 6.10 Å². The molecule has 116 valence electrons. The van der Waals surface area contributed by atoms with E-state index in [1.54, 1.807) is 7.05 Å². The van der Waals surface area contributed by atoms with Crippen LogP contribution in [0.4, 0.5) is 0 Å². The van der Waals surface area contributed by atoms with E-state index in [1.807, 2.05) is 25.1 Å². The molecule has 1 fully saturated rings. The summed E-state index contributed by atoms with van der Waals surface area (Å²) in [6, 6.07) is 5.65. The van der Waals surface area contributed by atoms with E-state index in [1.165, 1.54) is 0 Å². The molecular weight excluding hydrogens is 292 g/mol. The Morgan fingerprint density at radius 3 is 3.10 bits per heavy atom.